The molecule has 0 aromatic heterocycles. The molecule has 0 aliphatic carbocycles. The summed E-state index contributed by atoms with van der Waals surface area (Å²) >= 11 is 4.90. The number of allylic oxidation sites excluding steroid dienone is 1. The summed E-state index contributed by atoms with van der Waals surface area (Å²) in [7, 11) is 0. The fourth-order valence-corrected chi connectivity index (χ4v) is 1.83. The highest BCUT2D eigenvalue weighted by atomic mass is 32.1. The molecule has 0 nitrogen and oxygen atoms in total. The number of rotatable bonds is 11. The number of unbranched alkanes of at least 4 members (excludes halogenated alkanes) is 9. The van der Waals surface area contributed by atoms with Crippen LogP contribution in [0, 0.1) is 0 Å². The van der Waals surface area contributed by atoms with Crippen LogP contribution in [0.4, 0.5) is 0 Å². The Morgan fingerprint density at radius 2 is 1.14 bits per heavy atom. The highest BCUT2D eigenvalue weighted by Crippen LogP contribution is 2.10. The van der Waals surface area contributed by atoms with Crippen LogP contribution in [0.1, 0.15) is 64.2 Å². The molecular formula is C13H25S. The summed E-state index contributed by atoms with van der Waals surface area (Å²) in [5.74, 6) is 0.946. The predicted molar refractivity (Wildman–Crippen MR) is 68.8 cm³/mol. The van der Waals surface area contributed by atoms with E-state index in [2.05, 4.69) is 6.58 Å². The Kier molecular flexibility index (Phi) is 13.2. The van der Waals surface area contributed by atoms with Crippen LogP contribution in [-0.2, 0) is 0 Å². The van der Waals surface area contributed by atoms with Gasteiger partial charge in [-0.3, -0.25) is 0 Å². The lowest BCUT2D eigenvalue weighted by Crippen LogP contribution is -1.82. The molecule has 0 atom stereocenters. The zero-order chi connectivity index (χ0) is 10.5. The van der Waals surface area contributed by atoms with Gasteiger partial charge in [-0.25, -0.2) is 0 Å². The molecule has 0 amide bonds. The maximum atomic E-state index is 4.90. The van der Waals surface area contributed by atoms with Crippen molar-refractivity contribution in [1.82, 2.24) is 0 Å². The van der Waals surface area contributed by atoms with Gasteiger partial charge in [0.05, 0.1) is 0 Å². The van der Waals surface area contributed by atoms with Crippen LogP contribution < -0.4 is 0 Å². The quantitative estimate of drug-likeness (QED) is 0.324. The number of hydrogen-bond donors (Lipinski definition) is 0. The van der Waals surface area contributed by atoms with E-state index in [4.69, 9.17) is 12.6 Å². The van der Waals surface area contributed by atoms with E-state index in [1.54, 1.807) is 0 Å². The fourth-order valence-electron chi connectivity index (χ4n) is 1.63. The zero-order valence-corrected chi connectivity index (χ0v) is 10.3. The smallest absolute Gasteiger partial charge is 0.00369 e. The second kappa shape index (κ2) is 13.1. The molecule has 0 spiro atoms. The maximum absolute atomic E-state index is 4.90. The zero-order valence-electron chi connectivity index (χ0n) is 9.47. The minimum Gasteiger partial charge on any atom is -0.103 e. The minimum absolute atomic E-state index is 0.946. The van der Waals surface area contributed by atoms with Gasteiger partial charge in [0.25, 0.3) is 0 Å². The second-order valence-corrected chi connectivity index (χ2v) is 4.37. The Morgan fingerprint density at radius 1 is 0.714 bits per heavy atom. The molecule has 0 bridgehead atoms. The van der Waals surface area contributed by atoms with Crippen LogP contribution in [-0.4, -0.2) is 5.75 Å². The molecule has 1 radical (unpaired) electrons. The third-order valence-electron chi connectivity index (χ3n) is 2.55. The average molecular weight is 213 g/mol. The molecule has 0 aromatic rings. The molecule has 0 rings (SSSR count). The summed E-state index contributed by atoms with van der Waals surface area (Å²) in [6.07, 6.45) is 15.6. The van der Waals surface area contributed by atoms with Crippen molar-refractivity contribution >= 4 is 12.6 Å². The van der Waals surface area contributed by atoms with Crippen molar-refractivity contribution < 1.29 is 0 Å². The highest BCUT2D eigenvalue weighted by Gasteiger charge is 1.91. The minimum atomic E-state index is 0.946. The first kappa shape index (κ1) is 14.1. The molecule has 0 aliphatic heterocycles. The van der Waals surface area contributed by atoms with Crippen LogP contribution in [0.3, 0.4) is 0 Å². The fraction of sp³-hybridized carbons (Fsp3) is 0.846. The molecule has 0 fully saturated rings. The van der Waals surface area contributed by atoms with Gasteiger partial charge >= 0.3 is 0 Å². The Balaban J connectivity index is 2.81. The molecule has 0 saturated heterocycles. The van der Waals surface area contributed by atoms with E-state index < -0.39 is 0 Å². The van der Waals surface area contributed by atoms with Gasteiger partial charge in [0, 0.05) is 5.75 Å². The molecule has 0 heterocycles. The van der Waals surface area contributed by atoms with Gasteiger partial charge in [-0.05, 0) is 19.3 Å². The lowest BCUT2D eigenvalue weighted by molar-refractivity contribution is 0.567. The summed E-state index contributed by atoms with van der Waals surface area (Å²) in [6.45, 7) is 3.73. The Hall–Kier alpha value is 0.0900. The first-order valence-electron chi connectivity index (χ1n) is 6.11. The first-order chi connectivity index (χ1) is 6.91. The van der Waals surface area contributed by atoms with Gasteiger partial charge in [0.1, 0.15) is 0 Å². The predicted octanol–water partition coefficient (Wildman–Crippen LogP) is 5.27. The van der Waals surface area contributed by atoms with Crippen LogP contribution >= 0.6 is 12.6 Å². The SMILES string of the molecule is C=CCCCCCCCCCCC[S]. The molecule has 14 heavy (non-hydrogen) atoms. The molecular weight excluding hydrogens is 188 g/mol. The van der Waals surface area contributed by atoms with Crippen molar-refractivity contribution in [3.63, 3.8) is 0 Å². The molecule has 0 N–H and O–H groups in total. The summed E-state index contributed by atoms with van der Waals surface area (Å²) in [5, 5.41) is 0. The molecule has 0 saturated carbocycles. The van der Waals surface area contributed by atoms with Gasteiger partial charge in [-0.15, -0.1) is 6.58 Å². The summed E-state index contributed by atoms with van der Waals surface area (Å²) in [6, 6.07) is 0. The third-order valence-corrected chi connectivity index (χ3v) is 2.84. The topological polar surface area (TPSA) is 0 Å². The van der Waals surface area contributed by atoms with E-state index in [9.17, 15) is 0 Å². The van der Waals surface area contributed by atoms with Gasteiger partial charge in [0.15, 0.2) is 0 Å². The first-order valence-corrected chi connectivity index (χ1v) is 6.68. The van der Waals surface area contributed by atoms with Gasteiger partial charge in [-0.1, -0.05) is 63.7 Å². The number of hydrogen-bond acceptors (Lipinski definition) is 0. The monoisotopic (exact) mass is 213 g/mol. The highest BCUT2D eigenvalue weighted by molar-refractivity contribution is 7.80. The average Bonchev–Trinajstić information content (AvgIpc) is 2.21. The summed E-state index contributed by atoms with van der Waals surface area (Å²) in [5.41, 5.74) is 0. The summed E-state index contributed by atoms with van der Waals surface area (Å²) in [4.78, 5) is 0. The lowest BCUT2D eigenvalue weighted by atomic mass is 10.1. The van der Waals surface area contributed by atoms with Crippen LogP contribution in [0.25, 0.3) is 0 Å². The third kappa shape index (κ3) is 12.1. The summed E-state index contributed by atoms with van der Waals surface area (Å²) < 4.78 is 0. The van der Waals surface area contributed by atoms with E-state index >= 15 is 0 Å². The largest absolute Gasteiger partial charge is 0.103 e. The maximum Gasteiger partial charge on any atom is 0.00369 e. The van der Waals surface area contributed by atoms with E-state index in [0.29, 0.717) is 0 Å². The lowest BCUT2D eigenvalue weighted by Gasteiger charge is -2.00. The van der Waals surface area contributed by atoms with Crippen molar-refractivity contribution in [2.24, 2.45) is 0 Å². The van der Waals surface area contributed by atoms with Crippen LogP contribution in [0.5, 0.6) is 0 Å². The molecule has 83 valence electrons. The molecule has 1 heteroatoms. The van der Waals surface area contributed by atoms with E-state index in [1.807, 2.05) is 6.08 Å². The van der Waals surface area contributed by atoms with Gasteiger partial charge < -0.3 is 0 Å². The van der Waals surface area contributed by atoms with Crippen molar-refractivity contribution in [3.05, 3.63) is 12.7 Å². The van der Waals surface area contributed by atoms with E-state index in [1.165, 1.54) is 64.2 Å². The van der Waals surface area contributed by atoms with Crippen LogP contribution in [0.2, 0.25) is 0 Å². The molecule has 0 aromatic carbocycles. The standard InChI is InChI=1S/C13H25S/c1-2-3-4-5-6-7-8-9-10-11-12-13-14/h2H,1,3-13H2. The van der Waals surface area contributed by atoms with Crippen molar-refractivity contribution in [2.45, 2.75) is 64.2 Å². The molecule has 0 unspecified atom stereocenters. The van der Waals surface area contributed by atoms with E-state index in [-0.39, 0.29) is 0 Å². The van der Waals surface area contributed by atoms with Crippen molar-refractivity contribution in [1.29, 1.82) is 0 Å². The Labute approximate surface area is 95.6 Å². The van der Waals surface area contributed by atoms with E-state index in [0.717, 1.165) is 5.75 Å². The van der Waals surface area contributed by atoms with Gasteiger partial charge in [-0.2, -0.15) is 0 Å². The molecule has 0 aliphatic rings. The van der Waals surface area contributed by atoms with Crippen molar-refractivity contribution in [2.75, 3.05) is 5.75 Å². The van der Waals surface area contributed by atoms with Crippen molar-refractivity contribution in [3.8, 4) is 0 Å². The normalized spacial score (nSPS) is 10.4. The van der Waals surface area contributed by atoms with Gasteiger partial charge in [0.2, 0.25) is 0 Å². The van der Waals surface area contributed by atoms with Crippen LogP contribution in [0.15, 0.2) is 12.7 Å². The Morgan fingerprint density at radius 3 is 1.57 bits per heavy atom. The second-order valence-electron chi connectivity index (χ2n) is 3.96. The Bertz CT molecular complexity index is 110.